The molecule has 0 aromatic heterocycles. The van der Waals surface area contributed by atoms with E-state index in [-0.39, 0.29) is 34.5 Å². The van der Waals surface area contributed by atoms with Gasteiger partial charge in [-0.15, -0.1) is 0 Å². The summed E-state index contributed by atoms with van der Waals surface area (Å²) in [5.74, 6) is -0.195. The topological polar surface area (TPSA) is 101 Å². The van der Waals surface area contributed by atoms with E-state index in [0.717, 1.165) is 0 Å². The number of sulfone groups is 1. The van der Waals surface area contributed by atoms with Crippen molar-refractivity contribution in [2.24, 2.45) is 0 Å². The largest absolute Gasteiger partial charge is 0.392 e. The number of rotatable bonds is 4. The van der Waals surface area contributed by atoms with Crippen molar-refractivity contribution in [2.75, 3.05) is 11.5 Å². The Hall–Kier alpha value is -0.670. The maximum atomic E-state index is 12.1. The van der Waals surface area contributed by atoms with Gasteiger partial charge in [0.15, 0.2) is 9.84 Å². The molecule has 1 aliphatic rings. The average molecular weight is 340 g/mol. The predicted octanol–water partition coefficient (Wildman–Crippen LogP) is 0.298. The Morgan fingerprint density at radius 2 is 2.10 bits per heavy atom. The fourth-order valence-electron chi connectivity index (χ4n) is 2.00. The van der Waals surface area contributed by atoms with Crippen LogP contribution < -0.4 is 4.72 Å². The quantitative estimate of drug-likeness (QED) is 0.821. The van der Waals surface area contributed by atoms with E-state index in [1.54, 1.807) is 0 Å². The van der Waals surface area contributed by atoms with Crippen LogP contribution in [0.25, 0.3) is 0 Å². The van der Waals surface area contributed by atoms with E-state index in [9.17, 15) is 16.8 Å². The van der Waals surface area contributed by atoms with Crippen LogP contribution in [0.3, 0.4) is 0 Å². The Labute approximate surface area is 122 Å². The van der Waals surface area contributed by atoms with Crippen LogP contribution in [0, 0.1) is 0 Å². The molecule has 1 unspecified atom stereocenters. The summed E-state index contributed by atoms with van der Waals surface area (Å²) in [6, 6.07) is 3.37. The third-order valence-electron chi connectivity index (χ3n) is 3.06. The van der Waals surface area contributed by atoms with E-state index in [1.807, 2.05) is 0 Å². The molecule has 6 nitrogen and oxygen atoms in total. The number of aliphatic hydroxyl groups is 1. The Bertz CT molecular complexity index is 714. The summed E-state index contributed by atoms with van der Waals surface area (Å²) in [7, 11) is -6.98. The SMILES string of the molecule is O=S1(=O)CCC(NS(=O)(=O)c2ccc(CO)c(Cl)c2)C1. The zero-order valence-corrected chi connectivity index (χ0v) is 12.8. The van der Waals surface area contributed by atoms with Gasteiger partial charge in [0.2, 0.25) is 10.0 Å². The molecule has 0 radical (unpaired) electrons. The third kappa shape index (κ3) is 3.50. The summed E-state index contributed by atoms with van der Waals surface area (Å²) in [6.45, 7) is -0.284. The van der Waals surface area contributed by atoms with E-state index in [1.165, 1.54) is 18.2 Å². The summed E-state index contributed by atoms with van der Waals surface area (Å²) in [5, 5.41) is 9.13. The van der Waals surface area contributed by atoms with Gasteiger partial charge in [-0.3, -0.25) is 0 Å². The lowest BCUT2D eigenvalue weighted by Crippen LogP contribution is -2.35. The number of benzene rings is 1. The lowest BCUT2D eigenvalue weighted by molar-refractivity contribution is 0.282. The van der Waals surface area contributed by atoms with Crippen LogP contribution in [-0.4, -0.2) is 39.5 Å². The second-order valence-corrected chi connectivity index (χ2v) is 8.98. The van der Waals surface area contributed by atoms with Crippen molar-refractivity contribution in [1.82, 2.24) is 4.72 Å². The van der Waals surface area contributed by atoms with Gasteiger partial charge in [-0.25, -0.2) is 21.6 Å². The minimum Gasteiger partial charge on any atom is -0.392 e. The van der Waals surface area contributed by atoms with Crippen molar-refractivity contribution >= 4 is 31.5 Å². The lowest BCUT2D eigenvalue weighted by atomic mass is 10.2. The molecule has 1 aromatic rings. The molecule has 1 fully saturated rings. The molecule has 9 heteroatoms. The van der Waals surface area contributed by atoms with Crippen LogP contribution in [0.4, 0.5) is 0 Å². The fourth-order valence-corrected chi connectivity index (χ4v) is 5.38. The highest BCUT2D eigenvalue weighted by Gasteiger charge is 2.31. The molecule has 2 N–H and O–H groups in total. The molecule has 0 bridgehead atoms. The normalized spacial score (nSPS) is 22.0. The summed E-state index contributed by atoms with van der Waals surface area (Å²) >= 11 is 5.85. The van der Waals surface area contributed by atoms with Gasteiger partial charge in [0.05, 0.1) is 23.0 Å². The van der Waals surface area contributed by atoms with E-state index in [4.69, 9.17) is 16.7 Å². The molecule has 0 spiro atoms. The third-order valence-corrected chi connectivity index (χ3v) is 6.70. The zero-order valence-electron chi connectivity index (χ0n) is 10.4. The first-order valence-electron chi connectivity index (χ1n) is 5.85. The molecule has 2 rings (SSSR count). The van der Waals surface area contributed by atoms with Crippen LogP contribution in [0.1, 0.15) is 12.0 Å². The first-order chi connectivity index (χ1) is 9.23. The highest BCUT2D eigenvalue weighted by atomic mass is 35.5. The molecule has 0 aliphatic carbocycles. The lowest BCUT2D eigenvalue weighted by Gasteiger charge is -2.12. The van der Waals surface area contributed by atoms with Gasteiger partial charge >= 0.3 is 0 Å². The molecule has 1 heterocycles. The standard InChI is InChI=1S/C11H14ClNO5S2/c12-11-5-10(2-1-8(11)6-14)20(17,18)13-9-3-4-19(15,16)7-9/h1-2,5,9,13-14H,3-4,6-7H2. The summed E-state index contributed by atoms with van der Waals surface area (Å²) in [4.78, 5) is -0.0519. The Morgan fingerprint density at radius 1 is 1.40 bits per heavy atom. The number of hydrogen-bond donors (Lipinski definition) is 2. The van der Waals surface area contributed by atoms with Gasteiger partial charge in [0.25, 0.3) is 0 Å². The average Bonchev–Trinajstić information content (AvgIpc) is 2.67. The molecule has 1 aromatic carbocycles. The van der Waals surface area contributed by atoms with Crippen molar-refractivity contribution < 1.29 is 21.9 Å². The molecular weight excluding hydrogens is 326 g/mol. The molecule has 112 valence electrons. The highest BCUT2D eigenvalue weighted by molar-refractivity contribution is 7.92. The molecular formula is C11H14ClNO5S2. The number of aliphatic hydroxyl groups excluding tert-OH is 1. The predicted molar refractivity (Wildman–Crippen MR) is 74.8 cm³/mol. The summed E-state index contributed by atoms with van der Waals surface area (Å²) in [5.41, 5.74) is 0.425. The van der Waals surface area contributed by atoms with Crippen molar-refractivity contribution in [1.29, 1.82) is 0 Å². The van der Waals surface area contributed by atoms with E-state index < -0.39 is 25.9 Å². The first-order valence-corrected chi connectivity index (χ1v) is 9.54. The van der Waals surface area contributed by atoms with Crippen LogP contribution in [-0.2, 0) is 26.5 Å². The van der Waals surface area contributed by atoms with Crippen LogP contribution in [0.5, 0.6) is 0 Å². The van der Waals surface area contributed by atoms with E-state index in [0.29, 0.717) is 5.56 Å². The van der Waals surface area contributed by atoms with E-state index >= 15 is 0 Å². The Kier molecular flexibility index (Phi) is 4.41. The second-order valence-electron chi connectivity index (χ2n) is 4.63. The van der Waals surface area contributed by atoms with Gasteiger partial charge in [-0.05, 0) is 24.1 Å². The zero-order chi connectivity index (χ0) is 15.0. The molecule has 0 amide bonds. The van der Waals surface area contributed by atoms with Crippen LogP contribution in [0.15, 0.2) is 23.1 Å². The molecule has 20 heavy (non-hydrogen) atoms. The van der Waals surface area contributed by atoms with Gasteiger partial charge in [-0.1, -0.05) is 17.7 Å². The number of halogens is 1. The highest BCUT2D eigenvalue weighted by Crippen LogP contribution is 2.22. The fraction of sp³-hybridized carbons (Fsp3) is 0.455. The van der Waals surface area contributed by atoms with Crippen LogP contribution in [0.2, 0.25) is 5.02 Å². The smallest absolute Gasteiger partial charge is 0.240 e. The Balaban J connectivity index is 2.21. The molecule has 1 saturated heterocycles. The summed E-state index contributed by atoms with van der Waals surface area (Å²) < 4.78 is 49.2. The van der Waals surface area contributed by atoms with Gasteiger partial charge < -0.3 is 5.11 Å². The van der Waals surface area contributed by atoms with Crippen molar-refractivity contribution in [3.05, 3.63) is 28.8 Å². The minimum atomic E-state index is -3.82. The van der Waals surface area contributed by atoms with Crippen LogP contribution >= 0.6 is 11.6 Å². The maximum absolute atomic E-state index is 12.1. The van der Waals surface area contributed by atoms with Gasteiger partial charge in [-0.2, -0.15) is 0 Å². The van der Waals surface area contributed by atoms with E-state index in [2.05, 4.69) is 4.72 Å². The minimum absolute atomic E-state index is 0.00953. The molecule has 0 saturated carbocycles. The number of nitrogens with one attached hydrogen (secondary N) is 1. The second kappa shape index (κ2) is 5.61. The maximum Gasteiger partial charge on any atom is 0.240 e. The van der Waals surface area contributed by atoms with Crippen molar-refractivity contribution in [3.63, 3.8) is 0 Å². The first kappa shape index (κ1) is 15.7. The number of hydrogen-bond acceptors (Lipinski definition) is 5. The van der Waals surface area contributed by atoms with Gasteiger partial charge in [0, 0.05) is 11.1 Å². The van der Waals surface area contributed by atoms with Gasteiger partial charge in [0.1, 0.15) is 0 Å². The Morgan fingerprint density at radius 3 is 2.60 bits per heavy atom. The molecule has 1 aliphatic heterocycles. The molecule has 1 atom stereocenters. The summed E-state index contributed by atoms with van der Waals surface area (Å²) in [6.07, 6.45) is 0.268. The monoisotopic (exact) mass is 339 g/mol. The number of sulfonamides is 1. The van der Waals surface area contributed by atoms with Crippen molar-refractivity contribution in [3.8, 4) is 0 Å². The van der Waals surface area contributed by atoms with Crippen molar-refractivity contribution in [2.45, 2.75) is 24.0 Å².